The van der Waals surface area contributed by atoms with E-state index in [4.69, 9.17) is 9.15 Å². The van der Waals surface area contributed by atoms with Crippen molar-refractivity contribution in [3.63, 3.8) is 0 Å². The molecule has 8 nitrogen and oxygen atoms in total. The molecule has 0 saturated carbocycles. The van der Waals surface area contributed by atoms with Crippen molar-refractivity contribution < 1.29 is 28.6 Å². The molecule has 8 heteroatoms. The maximum atomic E-state index is 13.1. The summed E-state index contributed by atoms with van der Waals surface area (Å²) in [6.07, 6.45) is 2.30. The third-order valence-corrected chi connectivity index (χ3v) is 5.32. The van der Waals surface area contributed by atoms with E-state index in [1.54, 1.807) is 60.7 Å². The van der Waals surface area contributed by atoms with Gasteiger partial charge in [0.1, 0.15) is 23.3 Å². The van der Waals surface area contributed by atoms with Gasteiger partial charge in [0.2, 0.25) is 5.91 Å². The molecule has 2 aromatic carbocycles. The average molecular weight is 460 g/mol. The lowest BCUT2D eigenvalue weighted by Gasteiger charge is -2.23. The monoisotopic (exact) mass is 460 g/mol. The number of Topliss-reactive ketones (excluding diaryl/α,β-unsaturated/α-hetero) is 1. The zero-order chi connectivity index (χ0) is 24.2. The molecule has 4 rings (SSSR count). The minimum atomic E-state index is -0.961. The summed E-state index contributed by atoms with van der Waals surface area (Å²) < 4.78 is 11.1. The number of carbonyl (C=O) groups is 3. The average Bonchev–Trinajstić information content (AvgIpc) is 3.45. The largest absolute Gasteiger partial charge is 0.507 e. The van der Waals surface area contributed by atoms with Crippen LogP contribution >= 0.6 is 0 Å². The van der Waals surface area contributed by atoms with Crippen molar-refractivity contribution in [3.8, 4) is 5.75 Å². The van der Waals surface area contributed by atoms with Gasteiger partial charge in [-0.15, -0.1) is 0 Å². The van der Waals surface area contributed by atoms with Crippen LogP contribution in [0.15, 0.2) is 76.9 Å². The molecule has 1 fully saturated rings. The molecule has 34 heavy (non-hydrogen) atoms. The predicted molar refractivity (Wildman–Crippen MR) is 126 cm³/mol. The van der Waals surface area contributed by atoms with Crippen LogP contribution in [0.1, 0.15) is 37.6 Å². The van der Waals surface area contributed by atoms with Gasteiger partial charge in [0.05, 0.1) is 18.4 Å². The molecular weight excluding hydrogens is 436 g/mol. The minimum Gasteiger partial charge on any atom is -0.507 e. The summed E-state index contributed by atoms with van der Waals surface area (Å²) in [5.41, 5.74) is 1.26. The molecule has 1 atom stereocenters. The van der Waals surface area contributed by atoms with Gasteiger partial charge in [0.25, 0.3) is 11.7 Å². The van der Waals surface area contributed by atoms with Crippen molar-refractivity contribution in [2.45, 2.75) is 26.3 Å². The number of ether oxygens (including phenoxy) is 1. The Hall–Kier alpha value is -4.33. The molecule has 1 saturated heterocycles. The molecule has 1 aliphatic heterocycles. The Morgan fingerprint density at radius 1 is 1.09 bits per heavy atom. The Balaban J connectivity index is 1.76. The number of ketones is 1. The summed E-state index contributed by atoms with van der Waals surface area (Å²) in [5, 5.41) is 13.8. The van der Waals surface area contributed by atoms with Gasteiger partial charge < -0.3 is 19.6 Å². The number of benzene rings is 2. The maximum Gasteiger partial charge on any atom is 0.300 e. The number of nitrogens with zero attached hydrogens (tertiary/aromatic N) is 1. The fourth-order valence-corrected chi connectivity index (χ4v) is 3.81. The highest BCUT2D eigenvalue weighted by atomic mass is 16.5. The van der Waals surface area contributed by atoms with E-state index in [1.807, 2.05) is 6.92 Å². The highest BCUT2D eigenvalue weighted by molar-refractivity contribution is 6.51. The molecule has 0 radical (unpaired) electrons. The first kappa shape index (κ1) is 22.8. The third kappa shape index (κ3) is 4.43. The molecule has 0 spiro atoms. The van der Waals surface area contributed by atoms with E-state index in [0.29, 0.717) is 35.1 Å². The Kier molecular flexibility index (Phi) is 6.49. The Morgan fingerprint density at radius 3 is 2.38 bits per heavy atom. The second-order valence-electron chi connectivity index (χ2n) is 7.79. The van der Waals surface area contributed by atoms with Gasteiger partial charge in [-0.2, -0.15) is 0 Å². The van der Waals surface area contributed by atoms with Crippen LogP contribution in [0, 0.1) is 0 Å². The molecule has 3 aromatic rings. The number of aliphatic hydroxyl groups excluding tert-OH is 1. The number of nitrogens with one attached hydrogen (secondary N) is 1. The fourth-order valence-electron chi connectivity index (χ4n) is 3.81. The molecule has 1 aromatic heterocycles. The number of amides is 2. The Labute approximate surface area is 196 Å². The van der Waals surface area contributed by atoms with E-state index in [1.165, 1.54) is 18.1 Å². The molecule has 174 valence electrons. The molecule has 0 aliphatic carbocycles. The summed E-state index contributed by atoms with van der Waals surface area (Å²) in [7, 11) is 0. The van der Waals surface area contributed by atoms with Crippen molar-refractivity contribution >= 4 is 34.7 Å². The predicted octanol–water partition coefficient (Wildman–Crippen LogP) is 4.65. The van der Waals surface area contributed by atoms with Crippen molar-refractivity contribution in [1.82, 2.24) is 0 Å². The summed E-state index contributed by atoms with van der Waals surface area (Å²) in [6.45, 7) is 3.96. The molecular formula is C26H24N2O6. The van der Waals surface area contributed by atoms with Gasteiger partial charge in [-0.1, -0.05) is 6.92 Å². The van der Waals surface area contributed by atoms with Gasteiger partial charge in [-0.05, 0) is 67.1 Å². The first-order chi connectivity index (χ1) is 16.4. The van der Waals surface area contributed by atoms with Crippen LogP contribution in [0.25, 0.3) is 5.76 Å². The van der Waals surface area contributed by atoms with Crippen LogP contribution in [0.5, 0.6) is 5.75 Å². The van der Waals surface area contributed by atoms with Crippen LogP contribution in [0.2, 0.25) is 0 Å². The van der Waals surface area contributed by atoms with Crippen LogP contribution in [0.4, 0.5) is 11.4 Å². The molecule has 1 aliphatic rings. The second kappa shape index (κ2) is 9.66. The van der Waals surface area contributed by atoms with Gasteiger partial charge in [-0.25, -0.2) is 0 Å². The number of carbonyl (C=O) groups excluding carboxylic acids is 3. The van der Waals surface area contributed by atoms with E-state index in [0.717, 1.165) is 6.42 Å². The Morgan fingerprint density at radius 2 is 1.79 bits per heavy atom. The lowest BCUT2D eigenvalue weighted by Crippen LogP contribution is -2.29. The van der Waals surface area contributed by atoms with E-state index in [-0.39, 0.29) is 17.2 Å². The topological polar surface area (TPSA) is 109 Å². The highest BCUT2D eigenvalue weighted by Crippen LogP contribution is 2.42. The Bertz CT molecular complexity index is 1230. The summed E-state index contributed by atoms with van der Waals surface area (Å²) in [4.78, 5) is 38.8. The first-order valence-electron chi connectivity index (χ1n) is 10.9. The maximum absolute atomic E-state index is 13.1. The quantitative estimate of drug-likeness (QED) is 0.302. The highest BCUT2D eigenvalue weighted by Gasteiger charge is 2.48. The molecule has 2 amide bonds. The number of aliphatic hydroxyl groups is 1. The van der Waals surface area contributed by atoms with E-state index in [9.17, 15) is 19.5 Å². The van der Waals surface area contributed by atoms with E-state index < -0.39 is 17.7 Å². The van der Waals surface area contributed by atoms with Crippen LogP contribution < -0.4 is 15.0 Å². The number of furan rings is 1. The first-order valence-corrected chi connectivity index (χ1v) is 10.9. The third-order valence-electron chi connectivity index (χ3n) is 5.32. The zero-order valence-corrected chi connectivity index (χ0v) is 18.8. The number of rotatable bonds is 7. The lowest BCUT2D eigenvalue weighted by molar-refractivity contribution is -0.132. The summed E-state index contributed by atoms with van der Waals surface area (Å²) >= 11 is 0. The van der Waals surface area contributed by atoms with Crippen molar-refractivity contribution in [3.05, 3.63) is 83.8 Å². The number of hydrogen-bond acceptors (Lipinski definition) is 6. The second-order valence-corrected chi connectivity index (χ2v) is 7.79. The zero-order valence-electron chi connectivity index (χ0n) is 18.8. The normalized spacial score (nSPS) is 17.1. The van der Waals surface area contributed by atoms with Crippen molar-refractivity contribution in [2.75, 3.05) is 16.8 Å². The smallest absolute Gasteiger partial charge is 0.300 e. The van der Waals surface area contributed by atoms with Crippen LogP contribution in [0.3, 0.4) is 0 Å². The lowest BCUT2D eigenvalue weighted by atomic mass is 9.99. The minimum absolute atomic E-state index is 0.0758. The van der Waals surface area contributed by atoms with Gasteiger partial charge in [-0.3, -0.25) is 19.3 Å². The van der Waals surface area contributed by atoms with Gasteiger partial charge in [0, 0.05) is 23.9 Å². The van der Waals surface area contributed by atoms with Gasteiger partial charge in [0.15, 0.2) is 0 Å². The van der Waals surface area contributed by atoms with Crippen molar-refractivity contribution in [2.24, 2.45) is 0 Å². The number of anilines is 2. The van der Waals surface area contributed by atoms with E-state index in [2.05, 4.69) is 5.32 Å². The van der Waals surface area contributed by atoms with Crippen LogP contribution in [-0.4, -0.2) is 29.3 Å². The molecule has 2 N–H and O–H groups in total. The summed E-state index contributed by atoms with van der Waals surface area (Å²) in [6, 6.07) is 15.5. The SMILES string of the molecule is CCCOc1ccc(/C(O)=C2/C(=O)C(=O)N(c3ccc(NC(C)=O)cc3)C2c2ccco2)cc1. The standard InChI is InChI=1S/C26H24N2O6/c1-3-14-33-20-12-6-17(7-13-20)24(30)22-23(21-5-4-15-34-21)28(26(32)25(22)31)19-10-8-18(9-11-19)27-16(2)29/h4-13,15,23,30H,3,14H2,1-2H3,(H,27,29)/b24-22-. The number of hydrogen-bond donors (Lipinski definition) is 2. The molecule has 1 unspecified atom stereocenters. The van der Waals surface area contributed by atoms with Gasteiger partial charge >= 0.3 is 0 Å². The van der Waals surface area contributed by atoms with Crippen LogP contribution in [-0.2, 0) is 14.4 Å². The van der Waals surface area contributed by atoms with Crippen molar-refractivity contribution in [1.29, 1.82) is 0 Å². The van der Waals surface area contributed by atoms with E-state index >= 15 is 0 Å². The summed E-state index contributed by atoms with van der Waals surface area (Å²) in [5.74, 6) is -1.18. The molecule has 2 heterocycles. The molecule has 0 bridgehead atoms. The fraction of sp³-hybridized carbons (Fsp3) is 0.192.